The van der Waals surface area contributed by atoms with Crippen molar-refractivity contribution in [1.29, 1.82) is 0 Å². The van der Waals surface area contributed by atoms with Crippen molar-refractivity contribution in [2.24, 2.45) is 0 Å². The number of Topliss-reactive ketones (excluding diaryl/α,β-unsaturated/α-hetero) is 1. The Morgan fingerprint density at radius 2 is 1.55 bits per heavy atom. The lowest BCUT2D eigenvalue weighted by atomic mass is 10.1. The third kappa shape index (κ3) is 3.80. The lowest BCUT2D eigenvalue weighted by molar-refractivity contribution is 0.104. The molecule has 0 radical (unpaired) electrons. The summed E-state index contributed by atoms with van der Waals surface area (Å²) in [6.07, 6.45) is 1.39. The normalized spacial score (nSPS) is 14.4. The van der Waals surface area contributed by atoms with Crippen LogP contribution in [0.2, 0.25) is 0 Å². The van der Waals surface area contributed by atoms with Crippen LogP contribution in [-0.2, 0) is 9.84 Å². The van der Waals surface area contributed by atoms with Crippen LogP contribution in [0.5, 0.6) is 11.5 Å². The first-order chi connectivity index (χ1) is 15.0. The molecular weight excluding hydrogens is 414 g/mol. The van der Waals surface area contributed by atoms with Crippen LogP contribution >= 0.6 is 0 Å². The van der Waals surface area contributed by atoms with Gasteiger partial charge in [0.05, 0.1) is 24.3 Å². The Morgan fingerprint density at radius 1 is 0.903 bits per heavy atom. The van der Waals surface area contributed by atoms with Crippen molar-refractivity contribution in [2.75, 3.05) is 18.6 Å². The van der Waals surface area contributed by atoms with Crippen molar-refractivity contribution in [3.63, 3.8) is 0 Å². The van der Waals surface area contributed by atoms with Crippen molar-refractivity contribution >= 4 is 27.0 Å². The van der Waals surface area contributed by atoms with Crippen LogP contribution in [0.15, 0.2) is 88.8 Å². The van der Waals surface area contributed by atoms with Crippen molar-refractivity contribution < 1.29 is 22.7 Å². The van der Waals surface area contributed by atoms with E-state index in [1.54, 1.807) is 66.6 Å². The minimum absolute atomic E-state index is 0.0857. The average molecular weight is 436 g/mol. The average Bonchev–Trinajstić information content (AvgIpc) is 2.80. The van der Waals surface area contributed by atoms with Crippen LogP contribution in [-0.4, -0.2) is 27.9 Å². The third-order valence-corrected chi connectivity index (χ3v) is 6.75. The number of fused-ring (bicyclic) bond motifs is 1. The molecule has 0 fully saturated rings. The molecule has 0 bridgehead atoms. The molecule has 0 spiro atoms. The number of carbonyl (C=O) groups excluding carboxylic acids is 1. The maximum atomic E-state index is 13.3. The Morgan fingerprint density at radius 3 is 2.19 bits per heavy atom. The van der Waals surface area contributed by atoms with E-state index in [1.165, 1.54) is 12.3 Å². The minimum Gasteiger partial charge on any atom is -0.497 e. The number of carbonyl (C=O) groups is 1. The molecule has 1 aliphatic rings. The number of sulfone groups is 1. The Kier molecular flexibility index (Phi) is 5.52. The Hall–Kier alpha value is -3.58. The first-order valence-electron chi connectivity index (χ1n) is 9.72. The molecule has 0 N–H and O–H groups in total. The maximum absolute atomic E-state index is 13.3. The van der Waals surface area contributed by atoms with Gasteiger partial charge in [-0.25, -0.2) is 8.42 Å². The number of anilines is 2. The van der Waals surface area contributed by atoms with Gasteiger partial charge in [0.1, 0.15) is 16.4 Å². The topological polar surface area (TPSA) is 72.9 Å². The highest BCUT2D eigenvalue weighted by Gasteiger charge is 2.36. The molecule has 0 aromatic heterocycles. The number of ether oxygens (including phenoxy) is 2. The van der Waals surface area contributed by atoms with Crippen LogP contribution in [0, 0.1) is 0 Å². The molecule has 0 aliphatic carbocycles. The molecule has 7 heteroatoms. The Labute approximate surface area is 181 Å². The summed E-state index contributed by atoms with van der Waals surface area (Å²) in [6, 6.07) is 20.3. The Balaban J connectivity index is 1.82. The van der Waals surface area contributed by atoms with E-state index in [4.69, 9.17) is 9.47 Å². The lowest BCUT2D eigenvalue weighted by Gasteiger charge is -2.29. The van der Waals surface area contributed by atoms with E-state index in [9.17, 15) is 13.2 Å². The molecule has 0 atom stereocenters. The predicted molar refractivity (Wildman–Crippen MR) is 119 cm³/mol. The number of rotatable bonds is 6. The number of ketones is 1. The fraction of sp³-hybridized carbons (Fsp3) is 0.125. The molecule has 0 saturated heterocycles. The highest BCUT2D eigenvalue weighted by atomic mass is 32.2. The van der Waals surface area contributed by atoms with Gasteiger partial charge in [0, 0.05) is 17.5 Å². The first-order valence-corrected chi connectivity index (χ1v) is 11.2. The summed E-state index contributed by atoms with van der Waals surface area (Å²) in [5, 5.41) is 0. The van der Waals surface area contributed by atoms with Crippen LogP contribution in [0.1, 0.15) is 17.3 Å². The van der Waals surface area contributed by atoms with E-state index in [2.05, 4.69) is 0 Å². The first kappa shape index (κ1) is 20.7. The standard InChI is InChI=1S/C24H21NO5S/c1-3-30-20-12-8-17(9-13-20)24(26)23-16-25(18-10-14-19(29-2)15-11-18)21-6-4-5-7-22(21)31(23,27)28/h4-16H,3H2,1-2H3. The fourth-order valence-corrected chi connectivity index (χ4v) is 4.95. The van der Waals surface area contributed by atoms with Gasteiger partial charge < -0.3 is 14.4 Å². The summed E-state index contributed by atoms with van der Waals surface area (Å²) in [6.45, 7) is 2.37. The number of para-hydroxylation sites is 1. The number of hydrogen-bond acceptors (Lipinski definition) is 6. The minimum atomic E-state index is -3.99. The van der Waals surface area contributed by atoms with E-state index in [1.807, 2.05) is 19.1 Å². The van der Waals surface area contributed by atoms with Crippen molar-refractivity contribution in [3.8, 4) is 11.5 Å². The predicted octanol–water partition coefficient (Wildman–Crippen LogP) is 4.74. The number of benzene rings is 3. The molecule has 0 amide bonds. The molecule has 3 aromatic rings. The molecule has 3 aromatic carbocycles. The molecule has 1 aliphatic heterocycles. The number of allylic oxidation sites excluding steroid dienone is 1. The van der Waals surface area contributed by atoms with Gasteiger partial charge in [-0.3, -0.25) is 4.79 Å². The molecular formula is C24H21NO5S. The van der Waals surface area contributed by atoms with Crippen LogP contribution in [0.25, 0.3) is 0 Å². The monoisotopic (exact) mass is 435 g/mol. The summed E-state index contributed by atoms with van der Waals surface area (Å²) >= 11 is 0. The highest BCUT2D eigenvalue weighted by Crippen LogP contribution is 2.40. The lowest BCUT2D eigenvalue weighted by Crippen LogP contribution is -2.25. The fourth-order valence-electron chi connectivity index (χ4n) is 3.41. The van der Waals surface area contributed by atoms with Crippen LogP contribution in [0.4, 0.5) is 11.4 Å². The second kappa shape index (κ2) is 8.28. The second-order valence-electron chi connectivity index (χ2n) is 6.82. The number of methoxy groups -OCH3 is 1. The SMILES string of the molecule is CCOc1ccc(C(=O)C2=CN(c3ccc(OC)cc3)c3ccccc3S2(=O)=O)cc1. The van der Waals surface area contributed by atoms with Crippen LogP contribution in [0.3, 0.4) is 0 Å². The smallest absolute Gasteiger partial charge is 0.214 e. The van der Waals surface area contributed by atoms with Gasteiger partial charge in [0.25, 0.3) is 0 Å². The second-order valence-corrected chi connectivity index (χ2v) is 8.71. The molecule has 4 rings (SSSR count). The Bertz CT molecular complexity index is 1250. The van der Waals surface area contributed by atoms with Crippen LogP contribution < -0.4 is 14.4 Å². The molecule has 0 saturated carbocycles. The summed E-state index contributed by atoms with van der Waals surface area (Å²) in [4.78, 5) is 14.7. The van der Waals surface area contributed by atoms with Gasteiger partial charge in [-0.2, -0.15) is 0 Å². The van der Waals surface area contributed by atoms with Gasteiger partial charge >= 0.3 is 0 Å². The largest absolute Gasteiger partial charge is 0.497 e. The zero-order chi connectivity index (χ0) is 22.0. The molecule has 158 valence electrons. The van der Waals surface area contributed by atoms with Crippen molar-refractivity contribution in [3.05, 3.63) is 89.5 Å². The van der Waals surface area contributed by atoms with Gasteiger partial charge in [-0.15, -0.1) is 0 Å². The quantitative estimate of drug-likeness (QED) is 0.521. The zero-order valence-electron chi connectivity index (χ0n) is 17.1. The molecule has 6 nitrogen and oxygen atoms in total. The van der Waals surface area contributed by atoms with E-state index in [0.29, 0.717) is 29.5 Å². The number of nitrogens with zero attached hydrogens (tertiary/aromatic N) is 1. The summed E-state index contributed by atoms with van der Waals surface area (Å²) in [7, 11) is -2.42. The van der Waals surface area contributed by atoms with E-state index in [0.717, 1.165) is 0 Å². The molecule has 0 unspecified atom stereocenters. The van der Waals surface area contributed by atoms with Gasteiger partial charge in [0.2, 0.25) is 15.6 Å². The summed E-state index contributed by atoms with van der Waals surface area (Å²) < 4.78 is 37.2. The van der Waals surface area contributed by atoms with Crippen molar-refractivity contribution in [1.82, 2.24) is 0 Å². The van der Waals surface area contributed by atoms with Crippen molar-refractivity contribution in [2.45, 2.75) is 11.8 Å². The van der Waals surface area contributed by atoms with E-state index in [-0.39, 0.29) is 15.4 Å². The zero-order valence-corrected chi connectivity index (χ0v) is 17.9. The third-order valence-electron chi connectivity index (χ3n) is 4.95. The summed E-state index contributed by atoms with van der Waals surface area (Å²) in [5.74, 6) is 0.720. The highest BCUT2D eigenvalue weighted by molar-refractivity contribution is 7.96. The number of hydrogen-bond donors (Lipinski definition) is 0. The maximum Gasteiger partial charge on any atom is 0.214 e. The molecule has 31 heavy (non-hydrogen) atoms. The van der Waals surface area contributed by atoms with Gasteiger partial charge in [-0.05, 0) is 67.6 Å². The van der Waals surface area contributed by atoms with E-state index < -0.39 is 15.6 Å². The van der Waals surface area contributed by atoms with Gasteiger partial charge in [-0.1, -0.05) is 12.1 Å². The van der Waals surface area contributed by atoms with E-state index >= 15 is 0 Å². The van der Waals surface area contributed by atoms with Gasteiger partial charge in [0.15, 0.2) is 0 Å². The molecule has 1 heterocycles. The summed E-state index contributed by atoms with van der Waals surface area (Å²) in [5.41, 5.74) is 1.46.